The van der Waals surface area contributed by atoms with Crippen LogP contribution in [0.3, 0.4) is 0 Å². The van der Waals surface area contributed by atoms with Crippen LogP contribution in [0.2, 0.25) is 5.02 Å². The predicted molar refractivity (Wildman–Crippen MR) is 89.1 cm³/mol. The van der Waals surface area contributed by atoms with Gasteiger partial charge in [0.2, 0.25) is 5.89 Å². The largest absolute Gasteiger partial charge is 0.497 e. The zero-order chi connectivity index (χ0) is 16.9. The van der Waals surface area contributed by atoms with Crippen LogP contribution >= 0.6 is 11.6 Å². The number of carbonyl (C=O) groups is 1. The van der Waals surface area contributed by atoms with Crippen LogP contribution in [0.5, 0.6) is 5.75 Å². The minimum absolute atomic E-state index is 0.0520. The molecule has 0 spiro atoms. The van der Waals surface area contributed by atoms with Gasteiger partial charge in [-0.1, -0.05) is 17.7 Å². The Hall–Kier alpha value is -2.79. The molecule has 24 heavy (non-hydrogen) atoms. The highest BCUT2D eigenvalue weighted by atomic mass is 35.5. The molecule has 1 aromatic heterocycles. The Kier molecular flexibility index (Phi) is 4.82. The van der Waals surface area contributed by atoms with Gasteiger partial charge in [-0.3, -0.25) is 0 Å². The number of methoxy groups -OCH3 is 1. The fraction of sp³-hybridized carbons (Fsp3) is 0.111. The van der Waals surface area contributed by atoms with Crippen LogP contribution in [-0.4, -0.2) is 18.1 Å². The Morgan fingerprint density at radius 2 is 2.00 bits per heavy atom. The first kappa shape index (κ1) is 16.1. The Balaban J connectivity index is 1.64. The van der Waals surface area contributed by atoms with Gasteiger partial charge in [0.25, 0.3) is 0 Å². The molecule has 6 heteroatoms. The number of nitrogens with zero attached hydrogens (tertiary/aromatic N) is 1. The lowest BCUT2D eigenvalue weighted by molar-refractivity contribution is 0.0438. The van der Waals surface area contributed by atoms with E-state index in [1.165, 1.54) is 7.11 Å². The molecule has 0 aliphatic heterocycles. The summed E-state index contributed by atoms with van der Waals surface area (Å²) >= 11 is 5.86. The monoisotopic (exact) mass is 343 g/mol. The fourth-order valence-electron chi connectivity index (χ4n) is 2.09. The molecule has 2 aromatic carbocycles. The topological polar surface area (TPSA) is 61.6 Å². The summed E-state index contributed by atoms with van der Waals surface area (Å²) in [6, 6.07) is 13.9. The molecule has 122 valence electrons. The van der Waals surface area contributed by atoms with E-state index < -0.39 is 5.97 Å². The molecular weight excluding hydrogens is 330 g/mol. The number of carbonyl (C=O) groups excluding carboxylic acids is 1. The summed E-state index contributed by atoms with van der Waals surface area (Å²) < 4.78 is 15.9. The van der Waals surface area contributed by atoms with Crippen LogP contribution in [-0.2, 0) is 11.3 Å². The Bertz CT molecular complexity index is 842. The van der Waals surface area contributed by atoms with Gasteiger partial charge >= 0.3 is 5.97 Å². The van der Waals surface area contributed by atoms with Crippen LogP contribution in [0, 0.1) is 0 Å². The van der Waals surface area contributed by atoms with E-state index in [9.17, 15) is 4.79 Å². The number of ether oxygens (including phenoxy) is 2. The second-order valence-electron chi connectivity index (χ2n) is 4.93. The van der Waals surface area contributed by atoms with Crippen molar-refractivity contribution < 1.29 is 18.7 Å². The smallest absolute Gasteiger partial charge is 0.338 e. The van der Waals surface area contributed by atoms with E-state index in [0.717, 1.165) is 5.56 Å². The van der Waals surface area contributed by atoms with Gasteiger partial charge in [0.15, 0.2) is 12.4 Å². The summed E-state index contributed by atoms with van der Waals surface area (Å²) in [6.45, 7) is -0.0520. The van der Waals surface area contributed by atoms with E-state index in [2.05, 4.69) is 4.98 Å². The zero-order valence-corrected chi connectivity index (χ0v) is 13.6. The molecule has 3 aromatic rings. The Morgan fingerprint density at radius 1 is 1.21 bits per heavy atom. The van der Waals surface area contributed by atoms with Gasteiger partial charge in [0, 0.05) is 10.6 Å². The third-order valence-electron chi connectivity index (χ3n) is 3.31. The molecule has 0 bridgehead atoms. The van der Waals surface area contributed by atoms with E-state index in [1.54, 1.807) is 42.6 Å². The standard InChI is InChI=1S/C18H14ClNO4/c1-22-15-4-2-3-13(9-15)18(21)23-11-17-20-10-16(24-17)12-5-7-14(19)8-6-12/h2-10H,11H2,1H3. The van der Waals surface area contributed by atoms with Crippen LogP contribution in [0.1, 0.15) is 16.2 Å². The van der Waals surface area contributed by atoms with Crippen molar-refractivity contribution in [2.24, 2.45) is 0 Å². The van der Waals surface area contributed by atoms with Gasteiger partial charge in [0.05, 0.1) is 18.9 Å². The van der Waals surface area contributed by atoms with Gasteiger partial charge in [0.1, 0.15) is 5.75 Å². The third-order valence-corrected chi connectivity index (χ3v) is 3.57. The van der Waals surface area contributed by atoms with E-state index in [0.29, 0.717) is 28.0 Å². The van der Waals surface area contributed by atoms with Crippen molar-refractivity contribution in [1.82, 2.24) is 4.98 Å². The molecule has 0 saturated carbocycles. The molecule has 0 aliphatic rings. The van der Waals surface area contributed by atoms with Gasteiger partial charge in [-0.2, -0.15) is 0 Å². The maximum absolute atomic E-state index is 12.0. The molecule has 0 N–H and O–H groups in total. The van der Waals surface area contributed by atoms with Crippen LogP contribution in [0.4, 0.5) is 0 Å². The van der Waals surface area contributed by atoms with E-state index in [1.807, 2.05) is 12.1 Å². The van der Waals surface area contributed by atoms with Crippen molar-refractivity contribution in [1.29, 1.82) is 0 Å². The lowest BCUT2D eigenvalue weighted by atomic mass is 10.2. The number of oxazole rings is 1. The number of hydrogen-bond acceptors (Lipinski definition) is 5. The summed E-state index contributed by atoms with van der Waals surface area (Å²) in [5, 5.41) is 0.644. The normalized spacial score (nSPS) is 10.4. The lowest BCUT2D eigenvalue weighted by Crippen LogP contribution is -2.05. The molecule has 0 aliphatic carbocycles. The van der Waals surface area contributed by atoms with Crippen molar-refractivity contribution in [3.8, 4) is 17.1 Å². The summed E-state index contributed by atoms with van der Waals surface area (Å²) in [5.41, 5.74) is 1.25. The average molecular weight is 344 g/mol. The Morgan fingerprint density at radius 3 is 2.75 bits per heavy atom. The molecule has 5 nitrogen and oxygen atoms in total. The number of hydrogen-bond donors (Lipinski definition) is 0. The van der Waals surface area contributed by atoms with E-state index in [-0.39, 0.29) is 6.61 Å². The SMILES string of the molecule is COc1cccc(C(=O)OCc2ncc(-c3ccc(Cl)cc3)o2)c1. The first-order valence-electron chi connectivity index (χ1n) is 7.17. The first-order chi connectivity index (χ1) is 11.7. The molecule has 3 rings (SSSR count). The predicted octanol–water partition coefficient (Wildman–Crippen LogP) is 4.36. The molecule has 0 unspecified atom stereocenters. The summed E-state index contributed by atoms with van der Waals surface area (Å²) in [6.07, 6.45) is 1.58. The highest BCUT2D eigenvalue weighted by Gasteiger charge is 2.12. The van der Waals surface area contributed by atoms with Gasteiger partial charge in [-0.05, 0) is 42.5 Å². The van der Waals surface area contributed by atoms with Gasteiger partial charge in [-0.25, -0.2) is 9.78 Å². The summed E-state index contributed by atoms with van der Waals surface area (Å²) in [4.78, 5) is 16.2. The lowest BCUT2D eigenvalue weighted by Gasteiger charge is -2.04. The summed E-state index contributed by atoms with van der Waals surface area (Å²) in [7, 11) is 1.54. The van der Waals surface area contributed by atoms with E-state index >= 15 is 0 Å². The van der Waals surface area contributed by atoms with Gasteiger partial charge in [-0.15, -0.1) is 0 Å². The number of aromatic nitrogens is 1. The number of benzene rings is 2. The van der Waals surface area contributed by atoms with Crippen molar-refractivity contribution in [2.75, 3.05) is 7.11 Å². The van der Waals surface area contributed by atoms with E-state index in [4.69, 9.17) is 25.5 Å². The minimum Gasteiger partial charge on any atom is -0.497 e. The molecule has 0 amide bonds. The second kappa shape index (κ2) is 7.19. The third kappa shape index (κ3) is 3.75. The molecule has 1 heterocycles. The first-order valence-corrected chi connectivity index (χ1v) is 7.55. The minimum atomic E-state index is -0.472. The maximum Gasteiger partial charge on any atom is 0.338 e. The number of esters is 1. The van der Waals surface area contributed by atoms with Crippen LogP contribution < -0.4 is 4.74 Å². The average Bonchev–Trinajstić information content (AvgIpc) is 3.09. The molecule has 0 radical (unpaired) electrons. The highest BCUT2D eigenvalue weighted by Crippen LogP contribution is 2.22. The molecule has 0 fully saturated rings. The van der Waals surface area contributed by atoms with Crippen molar-refractivity contribution in [3.63, 3.8) is 0 Å². The van der Waals surface area contributed by atoms with Gasteiger partial charge < -0.3 is 13.9 Å². The maximum atomic E-state index is 12.0. The fourth-order valence-corrected chi connectivity index (χ4v) is 2.21. The zero-order valence-electron chi connectivity index (χ0n) is 12.9. The molecule has 0 saturated heterocycles. The summed E-state index contributed by atoms with van der Waals surface area (Å²) in [5.74, 6) is 1.01. The van der Waals surface area contributed by atoms with Crippen molar-refractivity contribution in [3.05, 3.63) is 71.2 Å². The number of halogens is 1. The Labute approximate surface area is 143 Å². The highest BCUT2D eigenvalue weighted by molar-refractivity contribution is 6.30. The molecule has 0 atom stereocenters. The molecular formula is C18H14ClNO4. The number of rotatable bonds is 5. The quantitative estimate of drug-likeness (QED) is 0.644. The second-order valence-corrected chi connectivity index (χ2v) is 5.37. The van der Waals surface area contributed by atoms with Crippen molar-refractivity contribution in [2.45, 2.75) is 6.61 Å². The van der Waals surface area contributed by atoms with Crippen molar-refractivity contribution >= 4 is 17.6 Å². The van der Waals surface area contributed by atoms with Crippen LogP contribution in [0.15, 0.2) is 59.1 Å². The van der Waals surface area contributed by atoms with Crippen LogP contribution in [0.25, 0.3) is 11.3 Å².